The standard InChI is InChI=1S/C21H23N3O5S/c1-14-17(9-30(25)19-23-15-5-3-4-6-16(15)24-19)22-8-7-18(14)26-10-21-11-27-20(2,28-12-21)29-13-21/h3-8H,9-13H2,1-2H3,(H,23,24). The number of aromatic amines is 1. The van der Waals surface area contributed by atoms with Gasteiger partial charge in [0.2, 0.25) is 0 Å². The number of pyridine rings is 1. The first-order chi connectivity index (χ1) is 14.5. The van der Waals surface area contributed by atoms with Crippen molar-refractivity contribution in [2.24, 2.45) is 5.41 Å². The first-order valence-corrected chi connectivity index (χ1v) is 11.1. The third-order valence-electron chi connectivity index (χ3n) is 5.57. The molecule has 3 aliphatic heterocycles. The molecule has 8 nitrogen and oxygen atoms in total. The molecule has 3 aromatic rings. The van der Waals surface area contributed by atoms with Crippen LogP contribution in [0.4, 0.5) is 0 Å². The van der Waals surface area contributed by atoms with Crippen molar-refractivity contribution < 1.29 is 23.2 Å². The number of ether oxygens (including phenoxy) is 4. The number of imidazole rings is 1. The van der Waals surface area contributed by atoms with Crippen molar-refractivity contribution in [1.82, 2.24) is 15.0 Å². The highest BCUT2D eigenvalue weighted by Crippen LogP contribution is 2.38. The van der Waals surface area contributed by atoms with E-state index in [4.69, 9.17) is 18.9 Å². The van der Waals surface area contributed by atoms with E-state index in [9.17, 15) is 4.21 Å². The number of hydrogen-bond donors (Lipinski definition) is 1. The van der Waals surface area contributed by atoms with Crippen LogP contribution in [-0.2, 0) is 30.8 Å². The van der Waals surface area contributed by atoms with E-state index in [0.717, 1.165) is 16.6 Å². The lowest BCUT2D eigenvalue weighted by atomic mass is 9.90. The van der Waals surface area contributed by atoms with Gasteiger partial charge in [0.05, 0.1) is 58.5 Å². The molecule has 0 amide bonds. The van der Waals surface area contributed by atoms with Crippen LogP contribution in [0.2, 0.25) is 0 Å². The molecule has 2 bridgehead atoms. The molecule has 1 unspecified atom stereocenters. The van der Waals surface area contributed by atoms with E-state index >= 15 is 0 Å². The second-order valence-electron chi connectivity index (χ2n) is 7.95. The van der Waals surface area contributed by atoms with Crippen LogP contribution in [-0.4, -0.2) is 51.6 Å². The molecule has 3 fully saturated rings. The van der Waals surface area contributed by atoms with Gasteiger partial charge in [0, 0.05) is 18.7 Å². The van der Waals surface area contributed by atoms with Gasteiger partial charge in [-0.3, -0.25) is 9.19 Å². The van der Waals surface area contributed by atoms with Crippen LogP contribution in [0.15, 0.2) is 41.7 Å². The normalized spacial score (nSPS) is 26.7. The number of para-hydroxylation sites is 2. The minimum Gasteiger partial charge on any atom is -0.492 e. The van der Waals surface area contributed by atoms with Gasteiger partial charge in [-0.15, -0.1) is 0 Å². The summed E-state index contributed by atoms with van der Waals surface area (Å²) in [5.41, 5.74) is 2.91. The first-order valence-electron chi connectivity index (χ1n) is 9.78. The molecule has 1 N–H and O–H groups in total. The van der Waals surface area contributed by atoms with Crippen molar-refractivity contribution in [2.45, 2.75) is 30.7 Å². The van der Waals surface area contributed by atoms with Gasteiger partial charge < -0.3 is 23.9 Å². The molecule has 9 heteroatoms. The van der Waals surface area contributed by atoms with E-state index in [1.54, 1.807) is 13.1 Å². The summed E-state index contributed by atoms with van der Waals surface area (Å²) in [5, 5.41) is 0.446. The maximum absolute atomic E-state index is 12.9. The van der Waals surface area contributed by atoms with Gasteiger partial charge in [0.25, 0.3) is 5.97 Å². The first kappa shape index (κ1) is 19.6. The summed E-state index contributed by atoms with van der Waals surface area (Å²) in [7, 11) is -1.35. The molecule has 0 radical (unpaired) electrons. The summed E-state index contributed by atoms with van der Waals surface area (Å²) < 4.78 is 35.9. The van der Waals surface area contributed by atoms with E-state index < -0.39 is 16.8 Å². The largest absolute Gasteiger partial charge is 0.492 e. The number of H-pyrrole nitrogens is 1. The van der Waals surface area contributed by atoms with Crippen LogP contribution >= 0.6 is 0 Å². The van der Waals surface area contributed by atoms with Gasteiger partial charge in [-0.2, -0.15) is 0 Å². The topological polar surface area (TPSA) is 95.6 Å². The van der Waals surface area contributed by atoms with Gasteiger partial charge >= 0.3 is 0 Å². The summed E-state index contributed by atoms with van der Waals surface area (Å²) in [5.74, 6) is 0.0269. The number of hydrogen-bond acceptors (Lipinski definition) is 7. The molecular weight excluding hydrogens is 406 g/mol. The second-order valence-corrected chi connectivity index (χ2v) is 9.31. The average Bonchev–Trinajstić information content (AvgIpc) is 3.20. The lowest BCUT2D eigenvalue weighted by Gasteiger charge is -2.50. The SMILES string of the molecule is Cc1c(OCC23COC(C)(OC2)OC3)ccnc1CS(=O)c1nc2ccccc2[nH]1. The Morgan fingerprint density at radius 2 is 1.90 bits per heavy atom. The van der Waals surface area contributed by atoms with Crippen LogP contribution < -0.4 is 4.74 Å². The molecule has 3 aliphatic rings. The molecule has 5 heterocycles. The van der Waals surface area contributed by atoms with Crippen molar-refractivity contribution in [3.05, 3.63) is 47.8 Å². The Bertz CT molecular complexity index is 1060. The smallest absolute Gasteiger partial charge is 0.279 e. The highest BCUT2D eigenvalue weighted by molar-refractivity contribution is 7.84. The molecule has 1 atom stereocenters. The summed E-state index contributed by atoms with van der Waals surface area (Å²) in [4.78, 5) is 12.0. The van der Waals surface area contributed by atoms with Gasteiger partial charge in [0.15, 0.2) is 5.16 Å². The number of nitrogens with one attached hydrogen (secondary N) is 1. The number of rotatable bonds is 6. The zero-order chi connectivity index (χ0) is 20.8. The Hall–Kier alpha value is -2.33. The monoisotopic (exact) mass is 429 g/mol. The summed E-state index contributed by atoms with van der Waals surface area (Å²) in [6.07, 6.45) is 1.67. The predicted molar refractivity (Wildman–Crippen MR) is 109 cm³/mol. The molecule has 0 saturated carbocycles. The van der Waals surface area contributed by atoms with Gasteiger partial charge in [-0.05, 0) is 25.1 Å². The Morgan fingerprint density at radius 1 is 1.17 bits per heavy atom. The Kier molecular flexibility index (Phi) is 4.85. The lowest BCUT2D eigenvalue weighted by molar-refractivity contribution is -0.461. The molecule has 30 heavy (non-hydrogen) atoms. The number of aromatic nitrogens is 3. The molecule has 0 aliphatic carbocycles. The number of benzene rings is 1. The van der Waals surface area contributed by atoms with Crippen molar-refractivity contribution in [3.8, 4) is 5.75 Å². The highest BCUT2D eigenvalue weighted by atomic mass is 32.2. The number of nitrogens with zero attached hydrogens (tertiary/aromatic N) is 2. The summed E-state index contributed by atoms with van der Waals surface area (Å²) in [6, 6.07) is 9.44. The fourth-order valence-electron chi connectivity index (χ4n) is 3.55. The quantitative estimate of drug-likeness (QED) is 0.644. The molecule has 1 aromatic carbocycles. The van der Waals surface area contributed by atoms with E-state index in [1.807, 2.05) is 37.3 Å². The highest BCUT2D eigenvalue weighted by Gasteiger charge is 2.50. The fraction of sp³-hybridized carbons (Fsp3) is 0.429. The molecule has 2 aromatic heterocycles. The Morgan fingerprint density at radius 3 is 2.63 bits per heavy atom. The molecule has 158 valence electrons. The second kappa shape index (κ2) is 7.42. The minimum atomic E-state index is -1.35. The van der Waals surface area contributed by atoms with Crippen molar-refractivity contribution in [1.29, 1.82) is 0 Å². The molecule has 3 saturated heterocycles. The van der Waals surface area contributed by atoms with E-state index in [-0.39, 0.29) is 11.2 Å². The third-order valence-corrected chi connectivity index (χ3v) is 6.73. The van der Waals surface area contributed by atoms with Crippen LogP contribution in [0.1, 0.15) is 18.2 Å². The lowest BCUT2D eigenvalue weighted by Crippen LogP contribution is -2.60. The van der Waals surface area contributed by atoms with Gasteiger partial charge in [-0.25, -0.2) is 4.98 Å². The van der Waals surface area contributed by atoms with E-state index in [1.165, 1.54) is 0 Å². The summed E-state index contributed by atoms with van der Waals surface area (Å²) >= 11 is 0. The maximum Gasteiger partial charge on any atom is 0.279 e. The van der Waals surface area contributed by atoms with E-state index in [0.29, 0.717) is 43.0 Å². The van der Waals surface area contributed by atoms with Crippen LogP contribution in [0, 0.1) is 12.3 Å². The fourth-order valence-corrected chi connectivity index (χ4v) is 4.65. The minimum absolute atomic E-state index is 0.252. The van der Waals surface area contributed by atoms with Crippen LogP contribution in [0.3, 0.4) is 0 Å². The Balaban J connectivity index is 1.29. The molecule has 6 rings (SSSR count). The molecule has 0 spiro atoms. The zero-order valence-electron chi connectivity index (χ0n) is 16.8. The van der Waals surface area contributed by atoms with Crippen molar-refractivity contribution >= 4 is 21.8 Å². The predicted octanol–water partition coefficient (Wildman–Crippen LogP) is 2.69. The number of fused-ring (bicyclic) bond motifs is 4. The maximum atomic E-state index is 12.9. The van der Waals surface area contributed by atoms with Crippen molar-refractivity contribution in [3.63, 3.8) is 0 Å². The van der Waals surface area contributed by atoms with E-state index in [2.05, 4.69) is 15.0 Å². The molecular formula is C21H23N3O5S. The summed E-state index contributed by atoms with van der Waals surface area (Å²) in [6.45, 7) is 5.68. The van der Waals surface area contributed by atoms with Crippen LogP contribution in [0.25, 0.3) is 11.0 Å². The Labute approximate surface area is 176 Å². The van der Waals surface area contributed by atoms with Gasteiger partial charge in [-0.1, -0.05) is 12.1 Å². The zero-order valence-corrected chi connectivity index (χ0v) is 17.7. The van der Waals surface area contributed by atoms with Crippen LogP contribution in [0.5, 0.6) is 5.75 Å². The van der Waals surface area contributed by atoms with Crippen molar-refractivity contribution in [2.75, 3.05) is 26.4 Å². The van der Waals surface area contributed by atoms with Gasteiger partial charge in [0.1, 0.15) is 12.4 Å². The average molecular weight is 429 g/mol. The third kappa shape index (κ3) is 3.62.